The van der Waals surface area contributed by atoms with E-state index in [2.05, 4.69) is 24.1 Å². The monoisotopic (exact) mass is 304 g/mol. The molecule has 1 unspecified atom stereocenters. The molecule has 0 saturated heterocycles. The molecule has 1 fully saturated rings. The molecule has 1 saturated carbocycles. The summed E-state index contributed by atoms with van der Waals surface area (Å²) < 4.78 is 5.34. The molecule has 2 heterocycles. The van der Waals surface area contributed by atoms with E-state index in [1.807, 2.05) is 19.1 Å². The molecule has 112 valence electrons. The molecule has 1 aliphatic carbocycles. The minimum atomic E-state index is -0.0655. The number of furan rings is 1. The van der Waals surface area contributed by atoms with E-state index in [1.54, 1.807) is 6.26 Å². The van der Waals surface area contributed by atoms with Gasteiger partial charge in [0.15, 0.2) is 10.8 Å². The predicted octanol–water partition coefficient (Wildman–Crippen LogP) is 4.02. The van der Waals surface area contributed by atoms with Crippen LogP contribution in [0.1, 0.15) is 48.5 Å². The number of hydrogen-bond acceptors (Lipinski definition) is 4. The number of carbonyl (C=O) groups excluding carboxylic acids is 1. The Hall–Kier alpha value is -1.62. The van der Waals surface area contributed by atoms with Crippen LogP contribution in [0.25, 0.3) is 10.8 Å². The second kappa shape index (κ2) is 5.30. The van der Waals surface area contributed by atoms with Gasteiger partial charge in [0.1, 0.15) is 5.69 Å². The largest absolute Gasteiger partial charge is 0.462 e. The van der Waals surface area contributed by atoms with Crippen LogP contribution in [0, 0.1) is 12.3 Å². The quantitative estimate of drug-likeness (QED) is 0.931. The number of amides is 1. The first-order chi connectivity index (χ1) is 9.94. The Morgan fingerprint density at radius 3 is 2.95 bits per heavy atom. The number of nitrogens with zero attached hydrogens (tertiary/aromatic N) is 1. The zero-order chi connectivity index (χ0) is 15.0. The first-order valence-electron chi connectivity index (χ1n) is 7.27. The smallest absolute Gasteiger partial charge is 0.271 e. The molecular formula is C16H20N2O2S. The molecule has 0 spiro atoms. The van der Waals surface area contributed by atoms with Gasteiger partial charge in [-0.05, 0) is 43.7 Å². The van der Waals surface area contributed by atoms with Gasteiger partial charge in [-0.25, -0.2) is 4.98 Å². The number of aryl methyl sites for hydroxylation is 1. The molecule has 0 aliphatic heterocycles. The SMILES string of the molecule is Cc1sc(-c2ccco2)nc1C(=O)NC1CCC(C)(C)C1. The summed E-state index contributed by atoms with van der Waals surface area (Å²) in [6.07, 6.45) is 4.86. The van der Waals surface area contributed by atoms with Gasteiger partial charge in [-0.3, -0.25) is 4.79 Å². The Balaban J connectivity index is 1.73. The fourth-order valence-electron chi connectivity index (χ4n) is 2.93. The van der Waals surface area contributed by atoms with Crippen LogP contribution < -0.4 is 5.32 Å². The predicted molar refractivity (Wildman–Crippen MR) is 83.4 cm³/mol. The van der Waals surface area contributed by atoms with Crippen LogP contribution in [-0.4, -0.2) is 16.9 Å². The Kier molecular flexibility index (Phi) is 3.61. The fourth-order valence-corrected chi connectivity index (χ4v) is 3.80. The van der Waals surface area contributed by atoms with Crippen LogP contribution in [0.4, 0.5) is 0 Å². The van der Waals surface area contributed by atoms with Crippen LogP contribution in [0.2, 0.25) is 0 Å². The van der Waals surface area contributed by atoms with Crippen LogP contribution in [0.15, 0.2) is 22.8 Å². The normalized spacial score (nSPS) is 20.6. The third kappa shape index (κ3) is 3.02. The molecule has 0 bridgehead atoms. The van der Waals surface area contributed by atoms with Crippen molar-refractivity contribution in [1.29, 1.82) is 0 Å². The molecule has 0 radical (unpaired) electrons. The minimum absolute atomic E-state index is 0.0655. The standard InChI is InChI=1S/C16H20N2O2S/c1-10-13(18-15(21-10)12-5-4-8-20-12)14(19)17-11-6-7-16(2,3)9-11/h4-5,8,11H,6-7,9H2,1-3H3,(H,17,19). The summed E-state index contributed by atoms with van der Waals surface area (Å²) in [4.78, 5) is 17.8. The van der Waals surface area contributed by atoms with Gasteiger partial charge in [-0.15, -0.1) is 11.3 Å². The second-order valence-electron chi connectivity index (χ2n) is 6.48. The number of aromatic nitrogens is 1. The number of rotatable bonds is 3. The second-order valence-corrected chi connectivity index (χ2v) is 7.68. The van der Waals surface area contributed by atoms with Crippen molar-refractivity contribution in [2.24, 2.45) is 5.41 Å². The summed E-state index contributed by atoms with van der Waals surface area (Å²) in [5.41, 5.74) is 0.852. The summed E-state index contributed by atoms with van der Waals surface area (Å²) in [5.74, 6) is 0.647. The highest BCUT2D eigenvalue weighted by molar-refractivity contribution is 7.15. The zero-order valence-electron chi connectivity index (χ0n) is 12.6. The molecule has 1 N–H and O–H groups in total. The molecule has 2 aromatic heterocycles. The fraction of sp³-hybridized carbons (Fsp3) is 0.500. The van der Waals surface area contributed by atoms with Crippen LogP contribution in [0.3, 0.4) is 0 Å². The van der Waals surface area contributed by atoms with Gasteiger partial charge in [0.25, 0.3) is 5.91 Å². The van der Waals surface area contributed by atoms with E-state index in [-0.39, 0.29) is 11.9 Å². The lowest BCUT2D eigenvalue weighted by atomic mass is 9.92. The van der Waals surface area contributed by atoms with Gasteiger partial charge in [-0.2, -0.15) is 0 Å². The van der Waals surface area contributed by atoms with Crippen molar-refractivity contribution in [3.63, 3.8) is 0 Å². The lowest BCUT2D eigenvalue weighted by Gasteiger charge is -2.17. The Morgan fingerprint density at radius 2 is 2.33 bits per heavy atom. The summed E-state index contributed by atoms with van der Waals surface area (Å²) in [5, 5.41) is 3.88. The van der Waals surface area contributed by atoms with E-state index in [9.17, 15) is 4.79 Å². The van der Waals surface area contributed by atoms with E-state index in [0.29, 0.717) is 16.9 Å². The average Bonchev–Trinajstić information content (AvgIpc) is 3.09. The lowest BCUT2D eigenvalue weighted by molar-refractivity contribution is 0.0931. The number of nitrogens with one attached hydrogen (secondary N) is 1. The average molecular weight is 304 g/mol. The third-order valence-corrected chi connectivity index (χ3v) is 5.03. The maximum Gasteiger partial charge on any atom is 0.271 e. The number of thiazole rings is 1. The molecule has 21 heavy (non-hydrogen) atoms. The van der Waals surface area contributed by atoms with Crippen LogP contribution >= 0.6 is 11.3 Å². The number of hydrogen-bond donors (Lipinski definition) is 1. The van der Waals surface area contributed by atoms with Crippen molar-refractivity contribution in [2.45, 2.75) is 46.1 Å². The van der Waals surface area contributed by atoms with Gasteiger partial charge < -0.3 is 9.73 Å². The van der Waals surface area contributed by atoms with Crippen molar-refractivity contribution < 1.29 is 9.21 Å². The van der Waals surface area contributed by atoms with Gasteiger partial charge in [-0.1, -0.05) is 13.8 Å². The van der Waals surface area contributed by atoms with Crippen molar-refractivity contribution in [1.82, 2.24) is 10.3 Å². The highest BCUT2D eigenvalue weighted by atomic mass is 32.1. The zero-order valence-corrected chi connectivity index (χ0v) is 13.4. The molecule has 4 nitrogen and oxygen atoms in total. The van der Waals surface area contributed by atoms with Gasteiger partial charge in [0.05, 0.1) is 6.26 Å². The molecule has 1 amide bonds. The van der Waals surface area contributed by atoms with Crippen molar-refractivity contribution in [2.75, 3.05) is 0 Å². The molecule has 0 aromatic carbocycles. The molecule has 1 aliphatic rings. The first-order valence-corrected chi connectivity index (χ1v) is 8.08. The highest BCUT2D eigenvalue weighted by Crippen LogP contribution is 2.37. The van der Waals surface area contributed by atoms with Crippen LogP contribution in [0.5, 0.6) is 0 Å². The maximum absolute atomic E-state index is 12.4. The van der Waals surface area contributed by atoms with Gasteiger partial charge in [0, 0.05) is 10.9 Å². The van der Waals surface area contributed by atoms with E-state index in [0.717, 1.165) is 29.1 Å². The maximum atomic E-state index is 12.4. The van der Waals surface area contributed by atoms with Crippen molar-refractivity contribution in [3.05, 3.63) is 29.0 Å². The third-order valence-electron chi connectivity index (χ3n) is 4.05. The summed E-state index contributed by atoms with van der Waals surface area (Å²) in [7, 11) is 0. The summed E-state index contributed by atoms with van der Waals surface area (Å²) in [6.45, 7) is 6.43. The number of carbonyl (C=O) groups is 1. The molecular weight excluding hydrogens is 284 g/mol. The topological polar surface area (TPSA) is 55.1 Å². The van der Waals surface area contributed by atoms with E-state index in [4.69, 9.17) is 4.42 Å². The molecule has 3 rings (SSSR count). The summed E-state index contributed by atoms with van der Waals surface area (Å²) >= 11 is 1.49. The minimum Gasteiger partial charge on any atom is -0.462 e. The Labute approximate surface area is 128 Å². The molecule has 1 atom stereocenters. The van der Waals surface area contributed by atoms with E-state index >= 15 is 0 Å². The van der Waals surface area contributed by atoms with Crippen LogP contribution in [-0.2, 0) is 0 Å². The first kappa shape index (κ1) is 14.3. The van der Waals surface area contributed by atoms with Gasteiger partial charge >= 0.3 is 0 Å². The van der Waals surface area contributed by atoms with Crippen molar-refractivity contribution >= 4 is 17.2 Å². The molecule has 5 heteroatoms. The van der Waals surface area contributed by atoms with Gasteiger partial charge in [0.2, 0.25) is 0 Å². The van der Waals surface area contributed by atoms with Crippen molar-refractivity contribution in [3.8, 4) is 10.8 Å². The van der Waals surface area contributed by atoms with E-state index < -0.39 is 0 Å². The highest BCUT2D eigenvalue weighted by Gasteiger charge is 2.32. The molecule has 2 aromatic rings. The Bertz CT molecular complexity index is 643. The lowest BCUT2D eigenvalue weighted by Crippen LogP contribution is -2.34. The van der Waals surface area contributed by atoms with E-state index in [1.165, 1.54) is 11.3 Å². The Morgan fingerprint density at radius 1 is 1.52 bits per heavy atom. The summed E-state index contributed by atoms with van der Waals surface area (Å²) in [6, 6.07) is 3.95.